The van der Waals surface area contributed by atoms with Crippen LogP contribution in [0.25, 0.3) is 0 Å². The van der Waals surface area contributed by atoms with E-state index in [9.17, 15) is 14.9 Å². The number of benzene rings is 1. The van der Waals surface area contributed by atoms with Crippen molar-refractivity contribution in [1.82, 2.24) is 0 Å². The summed E-state index contributed by atoms with van der Waals surface area (Å²) in [6.07, 6.45) is 1.02. The van der Waals surface area contributed by atoms with Gasteiger partial charge in [0.05, 0.1) is 4.92 Å². The number of nitrogens with zero attached hydrogens (tertiary/aromatic N) is 1. The van der Waals surface area contributed by atoms with Gasteiger partial charge in [0, 0.05) is 29.6 Å². The van der Waals surface area contributed by atoms with Crippen LogP contribution in [-0.2, 0) is 4.79 Å². The number of rotatable bonds is 4. The van der Waals surface area contributed by atoms with E-state index in [-0.39, 0.29) is 5.69 Å². The van der Waals surface area contributed by atoms with Crippen LogP contribution in [0, 0.1) is 10.1 Å². The monoisotopic (exact) mass is 222 g/mol. The molecule has 16 heavy (non-hydrogen) atoms. The van der Waals surface area contributed by atoms with E-state index in [1.807, 2.05) is 0 Å². The van der Waals surface area contributed by atoms with Gasteiger partial charge >= 0.3 is 5.97 Å². The standard InChI is InChI=1S/C10H10N2O4/c1-7(6-10(13)14)11-8-2-4-9(5-3-8)12(15)16/h2-6,11H,1H3,(H,13,14). The van der Waals surface area contributed by atoms with Crippen molar-refractivity contribution >= 4 is 17.3 Å². The molecular weight excluding hydrogens is 212 g/mol. The molecule has 1 rings (SSSR count). The molecular formula is C10H10N2O4. The number of allylic oxidation sites excluding steroid dienone is 1. The van der Waals surface area contributed by atoms with Crippen LogP contribution < -0.4 is 5.32 Å². The Balaban J connectivity index is 2.76. The highest BCUT2D eigenvalue weighted by molar-refractivity contribution is 5.81. The third-order valence-corrected chi connectivity index (χ3v) is 1.76. The van der Waals surface area contributed by atoms with Crippen LogP contribution in [0.1, 0.15) is 6.92 Å². The van der Waals surface area contributed by atoms with E-state index < -0.39 is 10.9 Å². The minimum Gasteiger partial charge on any atom is -0.478 e. The number of nitrogens with one attached hydrogen (secondary N) is 1. The fourth-order valence-electron chi connectivity index (χ4n) is 1.12. The maximum atomic E-state index is 10.4. The number of carboxylic acid groups (broad SMARTS) is 1. The number of anilines is 1. The van der Waals surface area contributed by atoms with Crippen LogP contribution in [0.15, 0.2) is 36.0 Å². The van der Waals surface area contributed by atoms with Crippen molar-refractivity contribution < 1.29 is 14.8 Å². The lowest BCUT2D eigenvalue weighted by molar-refractivity contribution is -0.384. The molecule has 84 valence electrons. The molecule has 0 saturated heterocycles. The summed E-state index contributed by atoms with van der Waals surface area (Å²) in [6, 6.07) is 5.71. The summed E-state index contributed by atoms with van der Waals surface area (Å²) < 4.78 is 0. The van der Waals surface area contributed by atoms with Crippen molar-refractivity contribution in [2.75, 3.05) is 5.32 Å². The molecule has 0 radical (unpaired) electrons. The van der Waals surface area contributed by atoms with Gasteiger partial charge in [-0.15, -0.1) is 0 Å². The summed E-state index contributed by atoms with van der Waals surface area (Å²) in [5.74, 6) is -1.05. The second-order valence-electron chi connectivity index (χ2n) is 3.09. The van der Waals surface area contributed by atoms with Gasteiger partial charge in [-0.3, -0.25) is 10.1 Å². The lowest BCUT2D eigenvalue weighted by Crippen LogP contribution is -1.99. The molecule has 0 bridgehead atoms. The van der Waals surface area contributed by atoms with Gasteiger partial charge in [-0.05, 0) is 19.1 Å². The number of aliphatic carboxylic acids is 1. The van der Waals surface area contributed by atoms with Gasteiger partial charge in [0.25, 0.3) is 5.69 Å². The predicted octanol–water partition coefficient (Wildman–Crippen LogP) is 2.00. The number of hydrogen-bond donors (Lipinski definition) is 2. The Hall–Kier alpha value is -2.37. The summed E-state index contributed by atoms with van der Waals surface area (Å²) in [6.45, 7) is 1.59. The number of nitro benzene ring substituents is 1. The molecule has 0 saturated carbocycles. The Morgan fingerprint density at radius 3 is 2.44 bits per heavy atom. The van der Waals surface area contributed by atoms with Crippen LogP contribution in [0.4, 0.5) is 11.4 Å². The van der Waals surface area contributed by atoms with Crippen LogP contribution in [0.5, 0.6) is 0 Å². The largest absolute Gasteiger partial charge is 0.478 e. The summed E-state index contributed by atoms with van der Waals surface area (Å²) >= 11 is 0. The number of carbonyl (C=O) groups is 1. The Bertz CT molecular complexity index is 437. The number of carboxylic acids is 1. The molecule has 0 atom stereocenters. The molecule has 0 aromatic heterocycles. The highest BCUT2D eigenvalue weighted by Crippen LogP contribution is 2.16. The van der Waals surface area contributed by atoms with E-state index in [1.165, 1.54) is 24.3 Å². The van der Waals surface area contributed by atoms with Gasteiger partial charge in [0.1, 0.15) is 0 Å². The molecule has 6 heteroatoms. The molecule has 0 aliphatic rings. The second kappa shape index (κ2) is 4.92. The van der Waals surface area contributed by atoms with Crippen molar-refractivity contribution in [1.29, 1.82) is 0 Å². The maximum Gasteiger partial charge on any atom is 0.330 e. The average molecular weight is 222 g/mol. The first kappa shape index (κ1) is 11.7. The zero-order valence-corrected chi connectivity index (χ0v) is 8.51. The van der Waals surface area contributed by atoms with Crippen LogP contribution in [-0.4, -0.2) is 16.0 Å². The lowest BCUT2D eigenvalue weighted by atomic mass is 10.2. The van der Waals surface area contributed by atoms with Gasteiger partial charge in [-0.1, -0.05) is 0 Å². The fourth-order valence-corrected chi connectivity index (χ4v) is 1.12. The number of non-ortho nitro benzene ring substituents is 1. The van der Waals surface area contributed by atoms with Gasteiger partial charge < -0.3 is 10.4 Å². The lowest BCUT2D eigenvalue weighted by Gasteiger charge is -2.04. The van der Waals surface area contributed by atoms with E-state index in [0.29, 0.717) is 11.4 Å². The third-order valence-electron chi connectivity index (χ3n) is 1.76. The van der Waals surface area contributed by atoms with Gasteiger partial charge in [-0.2, -0.15) is 0 Å². The fraction of sp³-hybridized carbons (Fsp3) is 0.100. The van der Waals surface area contributed by atoms with Crippen molar-refractivity contribution in [3.8, 4) is 0 Å². The molecule has 0 fully saturated rings. The Morgan fingerprint density at radius 1 is 1.44 bits per heavy atom. The van der Waals surface area contributed by atoms with Crippen molar-refractivity contribution in [2.24, 2.45) is 0 Å². The van der Waals surface area contributed by atoms with E-state index in [0.717, 1.165) is 6.08 Å². The van der Waals surface area contributed by atoms with E-state index in [2.05, 4.69) is 5.32 Å². The van der Waals surface area contributed by atoms with Crippen LogP contribution in [0.2, 0.25) is 0 Å². The Kier molecular flexibility index (Phi) is 3.60. The van der Waals surface area contributed by atoms with E-state index in [4.69, 9.17) is 5.11 Å². The molecule has 0 unspecified atom stereocenters. The molecule has 0 aliphatic heterocycles. The Labute approximate surface area is 91.4 Å². The van der Waals surface area contributed by atoms with Gasteiger partial charge in [0.15, 0.2) is 0 Å². The van der Waals surface area contributed by atoms with Crippen LogP contribution >= 0.6 is 0 Å². The zero-order chi connectivity index (χ0) is 12.1. The number of hydrogen-bond acceptors (Lipinski definition) is 4. The average Bonchev–Trinajstić information content (AvgIpc) is 2.16. The summed E-state index contributed by atoms with van der Waals surface area (Å²) in [5, 5.41) is 21.6. The highest BCUT2D eigenvalue weighted by Gasteiger charge is 2.03. The zero-order valence-electron chi connectivity index (χ0n) is 8.51. The van der Waals surface area contributed by atoms with E-state index in [1.54, 1.807) is 6.92 Å². The predicted molar refractivity (Wildman–Crippen MR) is 58.1 cm³/mol. The van der Waals surface area contributed by atoms with Crippen molar-refractivity contribution in [3.63, 3.8) is 0 Å². The minimum atomic E-state index is -1.05. The molecule has 1 aromatic carbocycles. The summed E-state index contributed by atoms with van der Waals surface area (Å²) in [5.41, 5.74) is 1.03. The molecule has 0 aliphatic carbocycles. The molecule has 2 N–H and O–H groups in total. The molecule has 0 spiro atoms. The third kappa shape index (κ3) is 3.41. The normalized spacial score (nSPS) is 10.9. The topological polar surface area (TPSA) is 92.5 Å². The first-order valence-electron chi connectivity index (χ1n) is 4.42. The maximum absolute atomic E-state index is 10.4. The summed E-state index contributed by atoms with van der Waals surface area (Å²) in [4.78, 5) is 20.2. The second-order valence-corrected chi connectivity index (χ2v) is 3.09. The van der Waals surface area contributed by atoms with Crippen LogP contribution in [0.3, 0.4) is 0 Å². The molecule has 1 aromatic rings. The smallest absolute Gasteiger partial charge is 0.330 e. The minimum absolute atomic E-state index is 0.00887. The number of nitro groups is 1. The first-order valence-corrected chi connectivity index (χ1v) is 4.42. The molecule has 0 amide bonds. The van der Waals surface area contributed by atoms with Gasteiger partial charge in [-0.25, -0.2) is 4.79 Å². The summed E-state index contributed by atoms with van der Waals surface area (Å²) in [7, 11) is 0. The van der Waals surface area contributed by atoms with Crippen molar-refractivity contribution in [3.05, 3.63) is 46.2 Å². The van der Waals surface area contributed by atoms with Gasteiger partial charge in [0.2, 0.25) is 0 Å². The first-order chi connectivity index (χ1) is 7.49. The van der Waals surface area contributed by atoms with Crippen molar-refractivity contribution in [2.45, 2.75) is 6.92 Å². The Morgan fingerprint density at radius 2 is 2.00 bits per heavy atom. The molecule has 0 heterocycles. The molecule has 6 nitrogen and oxygen atoms in total. The van der Waals surface area contributed by atoms with E-state index >= 15 is 0 Å². The quantitative estimate of drug-likeness (QED) is 0.461. The SMILES string of the molecule is CC(=CC(=O)O)Nc1ccc([N+](=O)[O-])cc1. The highest BCUT2D eigenvalue weighted by atomic mass is 16.6.